The Morgan fingerprint density at radius 2 is 1.84 bits per heavy atom. The van der Waals surface area contributed by atoms with E-state index >= 15 is 0 Å². The number of nitrogens with zero attached hydrogens (tertiary/aromatic N) is 4. The Morgan fingerprint density at radius 1 is 1.09 bits per heavy atom. The van der Waals surface area contributed by atoms with Crippen LogP contribution < -0.4 is 4.74 Å². The van der Waals surface area contributed by atoms with E-state index in [2.05, 4.69) is 15.0 Å². The minimum Gasteiger partial charge on any atom is -0.497 e. The van der Waals surface area contributed by atoms with Crippen LogP contribution in [0.15, 0.2) is 53.1 Å². The molecule has 0 unspecified atom stereocenters. The topological polar surface area (TPSA) is 71.7 Å². The van der Waals surface area contributed by atoms with Crippen molar-refractivity contribution in [2.24, 2.45) is 0 Å². The lowest BCUT2D eigenvalue weighted by Gasteiger charge is -2.33. The molecule has 166 valence electrons. The number of halogens is 2. The van der Waals surface area contributed by atoms with Crippen molar-refractivity contribution in [1.29, 1.82) is 0 Å². The number of aromatic nitrogens is 2. The van der Waals surface area contributed by atoms with Crippen molar-refractivity contribution in [3.63, 3.8) is 0 Å². The van der Waals surface area contributed by atoms with E-state index in [9.17, 15) is 4.79 Å². The largest absolute Gasteiger partial charge is 0.497 e. The molecule has 0 bridgehead atoms. The molecule has 4 rings (SSSR count). The summed E-state index contributed by atoms with van der Waals surface area (Å²) in [5.74, 6) is 1.84. The summed E-state index contributed by atoms with van der Waals surface area (Å²) in [6.45, 7) is 3.26. The Hall–Kier alpha value is -2.87. The molecule has 0 N–H and O–H groups in total. The van der Waals surface area contributed by atoms with Crippen LogP contribution in [0, 0.1) is 0 Å². The van der Waals surface area contributed by atoms with Gasteiger partial charge in [0.1, 0.15) is 5.75 Å². The molecule has 1 saturated heterocycles. The van der Waals surface area contributed by atoms with Crippen molar-refractivity contribution in [2.45, 2.75) is 6.54 Å². The number of carbonyl (C=O) groups is 1. The van der Waals surface area contributed by atoms with Crippen LogP contribution in [0.25, 0.3) is 17.5 Å². The Kier molecular flexibility index (Phi) is 7.09. The van der Waals surface area contributed by atoms with E-state index in [1.807, 2.05) is 35.2 Å². The monoisotopic (exact) mass is 472 g/mol. The smallest absolute Gasteiger partial charge is 0.246 e. The van der Waals surface area contributed by atoms with Crippen LogP contribution in [0.3, 0.4) is 0 Å². The molecule has 1 fully saturated rings. The van der Waals surface area contributed by atoms with Gasteiger partial charge in [0.25, 0.3) is 0 Å². The molecule has 7 nitrogen and oxygen atoms in total. The summed E-state index contributed by atoms with van der Waals surface area (Å²) in [6.07, 6.45) is 3.31. The number of amides is 1. The van der Waals surface area contributed by atoms with Gasteiger partial charge in [0.05, 0.1) is 23.7 Å². The lowest BCUT2D eigenvalue weighted by Crippen LogP contribution is -2.47. The lowest BCUT2D eigenvalue weighted by atomic mass is 10.2. The van der Waals surface area contributed by atoms with Gasteiger partial charge in [-0.2, -0.15) is 4.98 Å². The molecule has 3 aromatic rings. The quantitative estimate of drug-likeness (QED) is 0.494. The number of methoxy groups -OCH3 is 1. The number of hydrogen-bond acceptors (Lipinski definition) is 6. The van der Waals surface area contributed by atoms with E-state index in [0.29, 0.717) is 41.4 Å². The highest BCUT2D eigenvalue weighted by Crippen LogP contribution is 2.23. The Labute approximate surface area is 196 Å². The molecule has 1 amide bonds. The fourth-order valence-electron chi connectivity index (χ4n) is 3.38. The summed E-state index contributed by atoms with van der Waals surface area (Å²) in [7, 11) is 1.63. The van der Waals surface area contributed by atoms with E-state index in [-0.39, 0.29) is 5.91 Å². The predicted octanol–water partition coefficient (Wildman–Crippen LogP) is 4.41. The van der Waals surface area contributed by atoms with Crippen molar-refractivity contribution >= 4 is 35.2 Å². The van der Waals surface area contributed by atoms with Gasteiger partial charge in [-0.15, -0.1) is 0 Å². The van der Waals surface area contributed by atoms with Crippen molar-refractivity contribution in [3.8, 4) is 17.1 Å². The summed E-state index contributed by atoms with van der Waals surface area (Å²) >= 11 is 11.9. The lowest BCUT2D eigenvalue weighted by molar-refractivity contribution is -0.127. The van der Waals surface area contributed by atoms with Crippen LogP contribution >= 0.6 is 23.2 Å². The van der Waals surface area contributed by atoms with Gasteiger partial charge in [-0.05, 0) is 48.0 Å². The van der Waals surface area contributed by atoms with Gasteiger partial charge in [-0.25, -0.2) is 0 Å². The van der Waals surface area contributed by atoms with E-state index in [1.54, 1.807) is 31.4 Å². The van der Waals surface area contributed by atoms with Crippen molar-refractivity contribution < 1.29 is 14.1 Å². The second-order valence-corrected chi connectivity index (χ2v) is 8.16. The zero-order chi connectivity index (χ0) is 22.5. The standard InChI is InChI=1S/C23H22Cl2N4O3/c1-31-18-6-4-17(5-7-18)23-26-21(32-27-23)15-28-10-12-29(13-11-28)22(30)9-3-16-2-8-19(24)20(25)14-16/h2-9,14H,10-13,15H2,1H3. The predicted molar refractivity (Wildman–Crippen MR) is 124 cm³/mol. The second-order valence-electron chi connectivity index (χ2n) is 7.35. The van der Waals surface area contributed by atoms with Crippen LogP contribution in [0.4, 0.5) is 0 Å². The minimum atomic E-state index is -0.0321. The zero-order valence-corrected chi connectivity index (χ0v) is 19.0. The molecular formula is C23H22Cl2N4O3. The van der Waals surface area contributed by atoms with Crippen molar-refractivity contribution in [1.82, 2.24) is 19.9 Å². The van der Waals surface area contributed by atoms with E-state index in [0.717, 1.165) is 30.0 Å². The van der Waals surface area contributed by atoms with E-state index in [1.165, 1.54) is 0 Å². The highest BCUT2D eigenvalue weighted by molar-refractivity contribution is 6.42. The third kappa shape index (κ3) is 5.48. The molecule has 2 heterocycles. The van der Waals surface area contributed by atoms with Crippen LogP contribution in [0.2, 0.25) is 10.0 Å². The summed E-state index contributed by atoms with van der Waals surface area (Å²) in [6, 6.07) is 12.8. The molecular weight excluding hydrogens is 451 g/mol. The van der Waals surface area contributed by atoms with E-state index in [4.69, 9.17) is 32.5 Å². The normalized spacial score (nSPS) is 14.8. The first kappa shape index (κ1) is 22.3. The molecule has 1 aliphatic heterocycles. The molecule has 9 heteroatoms. The molecule has 1 aromatic heterocycles. The maximum absolute atomic E-state index is 12.5. The van der Waals surface area contributed by atoms with Gasteiger partial charge in [0.15, 0.2) is 0 Å². The SMILES string of the molecule is COc1ccc(-c2noc(CN3CCN(C(=O)C=Cc4ccc(Cl)c(Cl)c4)CC3)n2)cc1. The maximum Gasteiger partial charge on any atom is 0.246 e. The number of piperazine rings is 1. The molecule has 0 radical (unpaired) electrons. The molecule has 0 saturated carbocycles. The average Bonchev–Trinajstić information content (AvgIpc) is 3.28. The van der Waals surface area contributed by atoms with Gasteiger partial charge >= 0.3 is 0 Å². The summed E-state index contributed by atoms with van der Waals surface area (Å²) in [5, 5.41) is 5.02. The average molecular weight is 473 g/mol. The second kappa shape index (κ2) is 10.2. The Bertz CT molecular complexity index is 1110. The van der Waals surface area contributed by atoms with Gasteiger partial charge < -0.3 is 14.2 Å². The first-order valence-electron chi connectivity index (χ1n) is 10.1. The van der Waals surface area contributed by atoms with Crippen molar-refractivity contribution in [3.05, 3.63) is 70.0 Å². The Morgan fingerprint density at radius 3 is 2.53 bits per heavy atom. The summed E-state index contributed by atoms with van der Waals surface area (Å²) in [4.78, 5) is 21.0. The third-order valence-electron chi connectivity index (χ3n) is 5.22. The third-order valence-corrected chi connectivity index (χ3v) is 5.96. The fourth-order valence-corrected chi connectivity index (χ4v) is 3.69. The van der Waals surface area contributed by atoms with Gasteiger partial charge in [0.2, 0.25) is 17.6 Å². The molecule has 0 atom stereocenters. The Balaban J connectivity index is 1.28. The number of rotatable bonds is 6. The highest BCUT2D eigenvalue weighted by atomic mass is 35.5. The van der Waals surface area contributed by atoms with Crippen LogP contribution in [-0.2, 0) is 11.3 Å². The van der Waals surface area contributed by atoms with Crippen LogP contribution in [-0.4, -0.2) is 59.1 Å². The molecule has 1 aliphatic rings. The highest BCUT2D eigenvalue weighted by Gasteiger charge is 2.21. The summed E-state index contributed by atoms with van der Waals surface area (Å²) < 4.78 is 10.6. The molecule has 2 aromatic carbocycles. The van der Waals surface area contributed by atoms with Gasteiger partial charge in [-0.1, -0.05) is 34.4 Å². The first-order chi connectivity index (χ1) is 15.5. The van der Waals surface area contributed by atoms with Gasteiger partial charge in [0, 0.05) is 37.8 Å². The van der Waals surface area contributed by atoms with Crippen LogP contribution in [0.5, 0.6) is 5.75 Å². The fraction of sp³-hybridized carbons (Fsp3) is 0.261. The zero-order valence-electron chi connectivity index (χ0n) is 17.5. The number of carbonyl (C=O) groups excluding carboxylic acids is 1. The van der Waals surface area contributed by atoms with Crippen LogP contribution in [0.1, 0.15) is 11.5 Å². The summed E-state index contributed by atoms with van der Waals surface area (Å²) in [5.41, 5.74) is 1.69. The number of benzene rings is 2. The number of ether oxygens (including phenoxy) is 1. The van der Waals surface area contributed by atoms with E-state index < -0.39 is 0 Å². The number of hydrogen-bond donors (Lipinski definition) is 0. The molecule has 0 aliphatic carbocycles. The molecule has 32 heavy (non-hydrogen) atoms. The first-order valence-corrected chi connectivity index (χ1v) is 10.9. The molecule has 0 spiro atoms. The maximum atomic E-state index is 12.5. The van der Waals surface area contributed by atoms with Crippen molar-refractivity contribution in [2.75, 3.05) is 33.3 Å². The minimum absolute atomic E-state index is 0.0321. The van der Waals surface area contributed by atoms with Gasteiger partial charge in [-0.3, -0.25) is 9.69 Å².